The molecule has 0 aliphatic rings. The van der Waals surface area contributed by atoms with Crippen LogP contribution in [0.1, 0.15) is 5.56 Å². The van der Waals surface area contributed by atoms with Gasteiger partial charge in [0.2, 0.25) is 0 Å². The standard InChI is InChI=1S/C15H13F3OS/c16-12-5-3-6-13(17)11(12)8-10(19)9-20-15-7-2-1-4-14(15)18/h1-7,10,19H,8-9H2. The van der Waals surface area contributed by atoms with Gasteiger partial charge in [-0.2, -0.15) is 0 Å². The first-order chi connectivity index (χ1) is 9.58. The van der Waals surface area contributed by atoms with Crippen molar-refractivity contribution in [1.29, 1.82) is 0 Å². The Hall–Kier alpha value is -1.46. The molecule has 106 valence electrons. The topological polar surface area (TPSA) is 20.2 Å². The van der Waals surface area contributed by atoms with Crippen molar-refractivity contribution in [3.05, 3.63) is 65.5 Å². The highest BCUT2D eigenvalue weighted by Gasteiger charge is 2.14. The lowest BCUT2D eigenvalue weighted by Gasteiger charge is -2.12. The van der Waals surface area contributed by atoms with Crippen molar-refractivity contribution in [3.63, 3.8) is 0 Å². The number of rotatable bonds is 5. The molecule has 0 aliphatic carbocycles. The van der Waals surface area contributed by atoms with E-state index in [9.17, 15) is 18.3 Å². The predicted molar refractivity (Wildman–Crippen MR) is 73.2 cm³/mol. The van der Waals surface area contributed by atoms with Crippen molar-refractivity contribution in [2.45, 2.75) is 17.4 Å². The Balaban J connectivity index is 1.96. The molecule has 0 bridgehead atoms. The summed E-state index contributed by atoms with van der Waals surface area (Å²) in [5.74, 6) is -1.57. The van der Waals surface area contributed by atoms with E-state index in [-0.39, 0.29) is 23.6 Å². The molecule has 0 saturated heterocycles. The molecule has 0 amide bonds. The molecule has 1 unspecified atom stereocenters. The molecule has 2 rings (SSSR count). The molecule has 2 aromatic carbocycles. The first-order valence-corrected chi connectivity index (χ1v) is 7.04. The molecule has 0 saturated carbocycles. The van der Waals surface area contributed by atoms with Crippen LogP contribution in [0, 0.1) is 17.5 Å². The van der Waals surface area contributed by atoms with Gasteiger partial charge >= 0.3 is 0 Å². The minimum atomic E-state index is -0.953. The quantitative estimate of drug-likeness (QED) is 0.847. The molecule has 1 atom stereocenters. The molecule has 0 aliphatic heterocycles. The third-order valence-electron chi connectivity index (χ3n) is 2.77. The Kier molecular flexibility index (Phi) is 5.09. The second kappa shape index (κ2) is 6.81. The van der Waals surface area contributed by atoms with E-state index in [1.54, 1.807) is 18.2 Å². The summed E-state index contributed by atoms with van der Waals surface area (Å²) in [6.07, 6.45) is -1.09. The van der Waals surface area contributed by atoms with Crippen molar-refractivity contribution in [1.82, 2.24) is 0 Å². The van der Waals surface area contributed by atoms with E-state index in [4.69, 9.17) is 0 Å². The number of aliphatic hydroxyl groups excluding tert-OH is 1. The minimum absolute atomic E-state index is 0.139. The fraction of sp³-hybridized carbons (Fsp3) is 0.200. The number of hydrogen-bond donors (Lipinski definition) is 1. The number of benzene rings is 2. The van der Waals surface area contributed by atoms with Crippen molar-refractivity contribution in [2.24, 2.45) is 0 Å². The zero-order valence-electron chi connectivity index (χ0n) is 10.5. The number of hydrogen-bond acceptors (Lipinski definition) is 2. The van der Waals surface area contributed by atoms with Crippen LogP contribution in [-0.4, -0.2) is 17.0 Å². The SMILES string of the molecule is OC(CSc1ccccc1F)Cc1c(F)cccc1F. The first kappa shape index (κ1) is 14.9. The van der Waals surface area contributed by atoms with Gasteiger partial charge in [-0.1, -0.05) is 18.2 Å². The van der Waals surface area contributed by atoms with E-state index < -0.39 is 17.7 Å². The van der Waals surface area contributed by atoms with Gasteiger partial charge in [-0.05, 0) is 24.3 Å². The van der Waals surface area contributed by atoms with Gasteiger partial charge in [0, 0.05) is 22.6 Å². The Morgan fingerprint density at radius 1 is 0.900 bits per heavy atom. The lowest BCUT2D eigenvalue weighted by Crippen LogP contribution is -2.15. The fourth-order valence-corrected chi connectivity index (χ4v) is 2.64. The lowest BCUT2D eigenvalue weighted by molar-refractivity contribution is 0.197. The second-order valence-corrected chi connectivity index (χ2v) is 5.36. The van der Waals surface area contributed by atoms with Crippen LogP contribution in [0.4, 0.5) is 13.2 Å². The van der Waals surface area contributed by atoms with Crippen LogP contribution in [-0.2, 0) is 6.42 Å². The Morgan fingerprint density at radius 2 is 1.50 bits per heavy atom. The van der Waals surface area contributed by atoms with Crippen LogP contribution >= 0.6 is 11.8 Å². The minimum Gasteiger partial charge on any atom is -0.392 e. The number of halogens is 3. The highest BCUT2D eigenvalue weighted by molar-refractivity contribution is 7.99. The summed E-state index contributed by atoms with van der Waals surface area (Å²) in [7, 11) is 0. The second-order valence-electron chi connectivity index (χ2n) is 4.30. The molecule has 0 aromatic heterocycles. The maximum absolute atomic E-state index is 13.4. The van der Waals surface area contributed by atoms with Gasteiger partial charge in [-0.3, -0.25) is 0 Å². The van der Waals surface area contributed by atoms with E-state index in [1.165, 1.54) is 12.1 Å². The summed E-state index contributed by atoms with van der Waals surface area (Å²) >= 11 is 1.12. The van der Waals surface area contributed by atoms with Crippen LogP contribution in [0.15, 0.2) is 47.4 Å². The Morgan fingerprint density at radius 3 is 2.15 bits per heavy atom. The highest BCUT2D eigenvalue weighted by Crippen LogP contribution is 2.23. The van der Waals surface area contributed by atoms with Crippen LogP contribution in [0.25, 0.3) is 0 Å². The van der Waals surface area contributed by atoms with Crippen molar-refractivity contribution in [3.8, 4) is 0 Å². The third-order valence-corrected chi connectivity index (χ3v) is 3.96. The van der Waals surface area contributed by atoms with Gasteiger partial charge in [0.25, 0.3) is 0 Å². The van der Waals surface area contributed by atoms with E-state index in [0.717, 1.165) is 23.9 Å². The molecule has 5 heteroatoms. The summed E-state index contributed by atoms with van der Waals surface area (Å²) in [6, 6.07) is 9.75. The smallest absolute Gasteiger partial charge is 0.136 e. The molecule has 0 radical (unpaired) electrons. The third kappa shape index (κ3) is 3.77. The first-order valence-electron chi connectivity index (χ1n) is 6.06. The normalized spacial score (nSPS) is 12.4. The molecule has 2 aromatic rings. The van der Waals surface area contributed by atoms with Gasteiger partial charge in [0.05, 0.1) is 6.10 Å². The average Bonchev–Trinajstić information content (AvgIpc) is 2.42. The Bertz CT molecular complexity index is 569. The molecular formula is C15H13F3OS. The molecule has 20 heavy (non-hydrogen) atoms. The van der Waals surface area contributed by atoms with E-state index in [2.05, 4.69) is 0 Å². The van der Waals surface area contributed by atoms with Crippen LogP contribution in [0.3, 0.4) is 0 Å². The largest absolute Gasteiger partial charge is 0.392 e. The zero-order valence-corrected chi connectivity index (χ0v) is 11.3. The summed E-state index contributed by atoms with van der Waals surface area (Å²) < 4.78 is 40.2. The number of thioether (sulfide) groups is 1. The van der Waals surface area contributed by atoms with Gasteiger partial charge in [-0.25, -0.2) is 13.2 Å². The molecule has 0 spiro atoms. The van der Waals surface area contributed by atoms with E-state index >= 15 is 0 Å². The number of aliphatic hydroxyl groups is 1. The summed E-state index contributed by atoms with van der Waals surface area (Å²) in [5.41, 5.74) is -0.144. The summed E-state index contributed by atoms with van der Waals surface area (Å²) in [6.45, 7) is 0. The highest BCUT2D eigenvalue weighted by atomic mass is 32.2. The average molecular weight is 298 g/mol. The zero-order chi connectivity index (χ0) is 14.5. The summed E-state index contributed by atoms with van der Waals surface area (Å²) in [4.78, 5) is 0.403. The molecule has 1 nitrogen and oxygen atoms in total. The van der Waals surface area contributed by atoms with Gasteiger partial charge in [-0.15, -0.1) is 11.8 Å². The van der Waals surface area contributed by atoms with Crippen LogP contribution < -0.4 is 0 Å². The van der Waals surface area contributed by atoms with E-state index in [0.29, 0.717) is 4.90 Å². The maximum Gasteiger partial charge on any atom is 0.136 e. The molecule has 0 fully saturated rings. The predicted octanol–water partition coefficient (Wildman–Crippen LogP) is 3.80. The van der Waals surface area contributed by atoms with Crippen LogP contribution in [0.5, 0.6) is 0 Å². The van der Waals surface area contributed by atoms with Gasteiger partial charge < -0.3 is 5.11 Å². The maximum atomic E-state index is 13.4. The lowest BCUT2D eigenvalue weighted by atomic mass is 10.1. The van der Waals surface area contributed by atoms with Crippen molar-refractivity contribution >= 4 is 11.8 Å². The summed E-state index contributed by atoms with van der Waals surface area (Å²) in [5, 5.41) is 9.83. The molecule has 1 N–H and O–H groups in total. The van der Waals surface area contributed by atoms with Crippen molar-refractivity contribution < 1.29 is 18.3 Å². The molecular weight excluding hydrogens is 285 g/mol. The van der Waals surface area contributed by atoms with E-state index in [1.807, 2.05) is 0 Å². The monoisotopic (exact) mass is 298 g/mol. The molecule has 0 heterocycles. The van der Waals surface area contributed by atoms with Gasteiger partial charge in [0.15, 0.2) is 0 Å². The fourth-order valence-electron chi connectivity index (χ4n) is 1.77. The van der Waals surface area contributed by atoms with Gasteiger partial charge in [0.1, 0.15) is 17.5 Å². The van der Waals surface area contributed by atoms with Crippen molar-refractivity contribution in [2.75, 3.05) is 5.75 Å². The Labute approximate surface area is 119 Å². The van der Waals surface area contributed by atoms with Crippen LogP contribution in [0.2, 0.25) is 0 Å².